The molecule has 24 heavy (non-hydrogen) atoms. The summed E-state index contributed by atoms with van der Waals surface area (Å²) in [4.78, 5) is 0. The Kier molecular flexibility index (Phi) is 3.02. The van der Waals surface area contributed by atoms with E-state index < -0.39 is 0 Å². The smallest absolute Gasteiger partial charge is 0.201 e. The number of pyridine rings is 1. The maximum absolute atomic E-state index is 2.37. The molecule has 0 amide bonds. The largest absolute Gasteiger partial charge is 0.212 e. The number of benzene rings is 2. The highest BCUT2D eigenvalue weighted by atomic mass is 32.2. The molecular weight excluding hydrogens is 330 g/mol. The molecule has 0 saturated heterocycles. The van der Waals surface area contributed by atoms with Crippen LogP contribution in [0.1, 0.15) is 5.56 Å². The molecule has 0 aliphatic heterocycles. The average molecular weight is 347 g/mol. The second-order valence-electron chi connectivity index (χ2n) is 6.22. The third-order valence-electron chi connectivity index (χ3n) is 4.69. The van der Waals surface area contributed by atoms with Crippen molar-refractivity contribution in [2.75, 3.05) is 0 Å². The zero-order valence-corrected chi connectivity index (χ0v) is 15.2. The molecule has 0 bridgehead atoms. The van der Waals surface area contributed by atoms with Crippen molar-refractivity contribution in [1.29, 1.82) is 0 Å². The second kappa shape index (κ2) is 5.13. The minimum atomic E-state index is 1.26. The Bertz CT molecular complexity index is 1230. The maximum Gasteiger partial charge on any atom is 0.212 e. The number of nitrogens with zero attached hydrogens (tertiary/aromatic N) is 1. The molecule has 0 fully saturated rings. The number of aryl methyl sites for hydroxylation is 2. The first-order valence-electron chi connectivity index (χ1n) is 8.02. The molecule has 3 heteroatoms. The number of thiophene rings is 2. The molecule has 0 N–H and O–H groups in total. The molecule has 0 saturated carbocycles. The van der Waals surface area contributed by atoms with Gasteiger partial charge in [-0.15, -0.1) is 22.7 Å². The van der Waals surface area contributed by atoms with Crippen molar-refractivity contribution in [2.45, 2.75) is 6.92 Å². The van der Waals surface area contributed by atoms with Crippen LogP contribution in [0.15, 0.2) is 60.8 Å². The van der Waals surface area contributed by atoms with E-state index >= 15 is 0 Å². The number of rotatable bonds is 1. The zero-order chi connectivity index (χ0) is 16.3. The summed E-state index contributed by atoms with van der Waals surface area (Å²) in [5.74, 6) is 0. The molecule has 3 heterocycles. The van der Waals surface area contributed by atoms with E-state index in [1.165, 1.54) is 46.4 Å². The third-order valence-corrected chi connectivity index (χ3v) is 7.11. The van der Waals surface area contributed by atoms with E-state index in [4.69, 9.17) is 0 Å². The zero-order valence-electron chi connectivity index (χ0n) is 13.5. The molecule has 0 aliphatic carbocycles. The Morgan fingerprint density at radius 3 is 2.50 bits per heavy atom. The van der Waals surface area contributed by atoms with Gasteiger partial charge in [0.2, 0.25) is 5.69 Å². The van der Waals surface area contributed by atoms with Gasteiger partial charge in [-0.1, -0.05) is 18.2 Å². The lowest BCUT2D eigenvalue weighted by atomic mass is 10.0. The number of fused-ring (bicyclic) bond motifs is 5. The van der Waals surface area contributed by atoms with Gasteiger partial charge < -0.3 is 0 Å². The Labute approximate surface area is 148 Å². The highest BCUT2D eigenvalue weighted by Gasteiger charge is 2.17. The van der Waals surface area contributed by atoms with Crippen LogP contribution in [0.2, 0.25) is 0 Å². The van der Waals surface area contributed by atoms with Crippen molar-refractivity contribution in [1.82, 2.24) is 0 Å². The summed E-state index contributed by atoms with van der Waals surface area (Å²) in [7, 11) is 2.11. The predicted octanol–water partition coefficient (Wildman–Crippen LogP) is 6.07. The van der Waals surface area contributed by atoms with Gasteiger partial charge in [0.1, 0.15) is 7.05 Å². The van der Waals surface area contributed by atoms with Crippen LogP contribution in [-0.4, -0.2) is 0 Å². The fraction of sp³-hybridized carbons (Fsp3) is 0.0952. The van der Waals surface area contributed by atoms with E-state index in [9.17, 15) is 0 Å². The van der Waals surface area contributed by atoms with Gasteiger partial charge >= 0.3 is 0 Å². The molecule has 0 radical (unpaired) electrons. The monoisotopic (exact) mass is 346 g/mol. The normalized spacial score (nSPS) is 11.8. The lowest BCUT2D eigenvalue weighted by Gasteiger charge is -2.05. The fourth-order valence-electron chi connectivity index (χ4n) is 3.50. The average Bonchev–Trinajstić information content (AvgIpc) is 3.10. The SMILES string of the molecule is Cc1cc2c(cc1-c1cccc[n+]1C)sc1sc3ccccc3c12. The van der Waals surface area contributed by atoms with Crippen molar-refractivity contribution in [3.8, 4) is 11.3 Å². The molecule has 0 atom stereocenters. The van der Waals surface area contributed by atoms with Crippen molar-refractivity contribution >= 4 is 52.2 Å². The topological polar surface area (TPSA) is 3.88 Å². The van der Waals surface area contributed by atoms with Crippen molar-refractivity contribution in [3.05, 3.63) is 66.4 Å². The van der Waals surface area contributed by atoms with Gasteiger partial charge in [0.25, 0.3) is 0 Å². The van der Waals surface area contributed by atoms with Crippen molar-refractivity contribution in [3.63, 3.8) is 0 Å². The molecule has 3 aromatic heterocycles. The van der Waals surface area contributed by atoms with Gasteiger partial charge in [0.05, 0.1) is 9.58 Å². The Hall–Kier alpha value is -2.23. The molecule has 1 nitrogen and oxygen atoms in total. The number of aromatic nitrogens is 1. The Morgan fingerprint density at radius 1 is 0.833 bits per heavy atom. The fourth-order valence-corrected chi connectivity index (χ4v) is 6.12. The van der Waals surface area contributed by atoms with E-state index in [1.807, 2.05) is 22.7 Å². The van der Waals surface area contributed by atoms with E-state index in [-0.39, 0.29) is 0 Å². The van der Waals surface area contributed by atoms with Crippen LogP contribution >= 0.6 is 22.7 Å². The maximum atomic E-state index is 2.37. The van der Waals surface area contributed by atoms with Crippen LogP contribution in [0.3, 0.4) is 0 Å². The van der Waals surface area contributed by atoms with Gasteiger partial charge in [-0.25, -0.2) is 4.57 Å². The first-order valence-corrected chi connectivity index (χ1v) is 9.65. The minimum Gasteiger partial charge on any atom is -0.201 e. The minimum absolute atomic E-state index is 1.26. The van der Waals surface area contributed by atoms with Crippen LogP contribution in [-0.2, 0) is 7.05 Å². The summed E-state index contributed by atoms with van der Waals surface area (Å²) < 4.78 is 6.39. The highest BCUT2D eigenvalue weighted by molar-refractivity contribution is 7.44. The van der Waals surface area contributed by atoms with Crippen LogP contribution < -0.4 is 4.57 Å². The van der Waals surface area contributed by atoms with E-state index in [1.54, 1.807) is 0 Å². The summed E-state index contributed by atoms with van der Waals surface area (Å²) in [6.45, 7) is 2.22. The van der Waals surface area contributed by atoms with Gasteiger partial charge in [-0.2, -0.15) is 0 Å². The van der Waals surface area contributed by atoms with Crippen molar-refractivity contribution in [2.24, 2.45) is 7.05 Å². The molecule has 2 aromatic carbocycles. The van der Waals surface area contributed by atoms with Gasteiger partial charge in [-0.05, 0) is 36.8 Å². The van der Waals surface area contributed by atoms with Gasteiger partial charge in [0, 0.05) is 37.7 Å². The lowest BCUT2D eigenvalue weighted by molar-refractivity contribution is -0.660. The first-order chi connectivity index (χ1) is 11.7. The second-order valence-corrected chi connectivity index (χ2v) is 8.59. The Morgan fingerprint density at radius 2 is 1.62 bits per heavy atom. The first kappa shape index (κ1) is 14.1. The molecular formula is C21H16NS2+. The Balaban J connectivity index is 1.86. The summed E-state index contributed by atoms with van der Waals surface area (Å²) >= 11 is 3.83. The van der Waals surface area contributed by atoms with Crippen LogP contribution in [0.4, 0.5) is 0 Å². The van der Waals surface area contributed by atoms with Crippen LogP contribution in [0.25, 0.3) is 40.8 Å². The quantitative estimate of drug-likeness (QED) is 0.324. The van der Waals surface area contributed by atoms with Gasteiger partial charge in [0.15, 0.2) is 6.20 Å². The predicted molar refractivity (Wildman–Crippen MR) is 106 cm³/mol. The third kappa shape index (κ3) is 1.95. The van der Waals surface area contributed by atoms with Crippen molar-refractivity contribution < 1.29 is 4.57 Å². The van der Waals surface area contributed by atoms with Gasteiger partial charge in [-0.3, -0.25) is 0 Å². The lowest BCUT2D eigenvalue weighted by Crippen LogP contribution is -2.30. The summed E-state index contributed by atoms with van der Waals surface area (Å²) in [5.41, 5.74) is 3.92. The number of hydrogen-bond acceptors (Lipinski definition) is 2. The summed E-state index contributed by atoms with van der Waals surface area (Å²) in [6, 6.07) is 19.9. The molecule has 0 unspecified atom stereocenters. The highest BCUT2D eigenvalue weighted by Crippen LogP contribution is 2.45. The summed E-state index contributed by atoms with van der Waals surface area (Å²) in [6.07, 6.45) is 2.11. The van der Waals surface area contributed by atoms with E-state index in [0.29, 0.717) is 0 Å². The standard InChI is InChI=1S/C21H16NS2/c1-13-11-16-19(12-15(13)17-8-5-6-10-22(17)2)24-21-20(16)14-7-3-4-9-18(14)23-21/h3-12H,1-2H3/q+1. The van der Waals surface area contributed by atoms with Crippen LogP contribution in [0.5, 0.6) is 0 Å². The molecule has 5 rings (SSSR count). The molecule has 5 aromatic rings. The van der Waals surface area contributed by atoms with Crippen LogP contribution in [0, 0.1) is 6.92 Å². The molecule has 0 aliphatic rings. The molecule has 116 valence electrons. The van der Waals surface area contributed by atoms with E-state index in [0.717, 1.165) is 0 Å². The number of hydrogen-bond donors (Lipinski definition) is 0. The summed E-state index contributed by atoms with van der Waals surface area (Å²) in [5, 5.41) is 4.22. The molecule has 0 spiro atoms. The van der Waals surface area contributed by atoms with E-state index in [2.05, 4.69) is 79.3 Å².